The summed E-state index contributed by atoms with van der Waals surface area (Å²) in [6.45, 7) is 5.79. The largest absolute Gasteiger partial charge is 0.379 e. The number of carbonyl (C=O) groups excluding carboxylic acids is 1. The van der Waals surface area contributed by atoms with Crippen LogP contribution in [0.1, 0.15) is 33.1 Å². The van der Waals surface area contributed by atoms with E-state index in [0.29, 0.717) is 50.1 Å². The van der Waals surface area contributed by atoms with Gasteiger partial charge in [-0.15, -0.1) is 0 Å². The van der Waals surface area contributed by atoms with E-state index < -0.39 is 10.0 Å². The number of nitrogens with one attached hydrogen (secondary N) is 1. The molecule has 0 saturated carbocycles. The second-order valence-corrected chi connectivity index (χ2v) is 9.57. The van der Waals surface area contributed by atoms with Crippen molar-refractivity contribution in [3.63, 3.8) is 0 Å². The van der Waals surface area contributed by atoms with E-state index >= 15 is 0 Å². The molecule has 1 aromatic carbocycles. The minimum atomic E-state index is -3.65. The average molecular weight is 427 g/mol. The maximum Gasteiger partial charge on any atom is 0.245 e. The molecule has 3 rings (SSSR count). The van der Waals surface area contributed by atoms with Crippen LogP contribution >= 0.6 is 11.7 Å². The molecule has 0 bridgehead atoms. The number of carbonyl (C=O) groups is 1. The zero-order valence-corrected chi connectivity index (χ0v) is 17.8. The molecule has 0 spiro atoms. The predicted octanol–water partition coefficient (Wildman–Crippen LogP) is 2.02. The summed E-state index contributed by atoms with van der Waals surface area (Å²) in [5.74, 6) is -0.165. The fraction of sp³-hybridized carbons (Fsp3) is 0.611. The average Bonchev–Trinajstić information content (AvgIpc) is 3.16. The van der Waals surface area contributed by atoms with Crippen LogP contribution in [0.2, 0.25) is 0 Å². The van der Waals surface area contributed by atoms with Gasteiger partial charge in [-0.1, -0.05) is 6.07 Å². The molecule has 10 heteroatoms. The summed E-state index contributed by atoms with van der Waals surface area (Å²) in [5, 5.41) is 2.93. The molecule has 0 unspecified atom stereocenters. The van der Waals surface area contributed by atoms with Gasteiger partial charge in [0.1, 0.15) is 15.9 Å². The first-order valence-electron chi connectivity index (χ1n) is 9.50. The Balaban J connectivity index is 1.53. The van der Waals surface area contributed by atoms with Crippen molar-refractivity contribution in [2.75, 3.05) is 26.2 Å². The van der Waals surface area contributed by atoms with E-state index in [-0.39, 0.29) is 22.8 Å². The van der Waals surface area contributed by atoms with Gasteiger partial charge in [-0.05, 0) is 45.2 Å². The highest BCUT2D eigenvalue weighted by molar-refractivity contribution is 7.89. The Kier molecular flexibility index (Phi) is 6.97. The third kappa shape index (κ3) is 4.86. The summed E-state index contributed by atoms with van der Waals surface area (Å²) in [6.07, 6.45) is 1.98. The monoisotopic (exact) mass is 426 g/mol. The number of aromatic nitrogens is 2. The molecule has 2 heterocycles. The van der Waals surface area contributed by atoms with Gasteiger partial charge in [-0.25, -0.2) is 8.42 Å². The number of benzene rings is 1. The molecule has 0 aliphatic carbocycles. The first-order valence-corrected chi connectivity index (χ1v) is 11.7. The Bertz CT molecular complexity index is 905. The number of amides is 1. The predicted molar refractivity (Wildman–Crippen MR) is 108 cm³/mol. The highest BCUT2D eigenvalue weighted by atomic mass is 32.2. The lowest BCUT2D eigenvalue weighted by Gasteiger charge is -2.30. The molecule has 28 heavy (non-hydrogen) atoms. The molecule has 0 radical (unpaired) electrons. The number of piperidine rings is 1. The van der Waals surface area contributed by atoms with Crippen LogP contribution in [0.3, 0.4) is 0 Å². The van der Waals surface area contributed by atoms with Crippen LogP contribution in [0.4, 0.5) is 0 Å². The van der Waals surface area contributed by atoms with E-state index in [4.69, 9.17) is 4.74 Å². The number of rotatable bonds is 8. The summed E-state index contributed by atoms with van der Waals surface area (Å²) in [6, 6.07) is 5.00. The Morgan fingerprint density at radius 1 is 1.32 bits per heavy atom. The van der Waals surface area contributed by atoms with Gasteiger partial charge in [0.05, 0.1) is 17.8 Å². The smallest absolute Gasteiger partial charge is 0.245 e. The van der Waals surface area contributed by atoms with Crippen LogP contribution in [0.25, 0.3) is 11.0 Å². The molecular formula is C18H26N4O4S2. The van der Waals surface area contributed by atoms with Gasteiger partial charge < -0.3 is 10.1 Å². The van der Waals surface area contributed by atoms with Crippen molar-refractivity contribution in [2.45, 2.75) is 44.1 Å². The van der Waals surface area contributed by atoms with Gasteiger partial charge in [0, 0.05) is 32.2 Å². The molecule has 1 N–H and O–H groups in total. The highest BCUT2D eigenvalue weighted by Crippen LogP contribution is 2.28. The molecule has 1 aliphatic heterocycles. The lowest BCUT2D eigenvalue weighted by Crippen LogP contribution is -2.43. The van der Waals surface area contributed by atoms with Crippen molar-refractivity contribution in [1.29, 1.82) is 0 Å². The topological polar surface area (TPSA) is 101 Å². The van der Waals surface area contributed by atoms with Gasteiger partial charge in [0.25, 0.3) is 0 Å². The summed E-state index contributed by atoms with van der Waals surface area (Å²) in [4.78, 5) is 12.5. The lowest BCUT2D eigenvalue weighted by atomic mass is 9.97. The molecule has 1 saturated heterocycles. The maximum absolute atomic E-state index is 13.0. The number of ether oxygens (including phenoxy) is 1. The van der Waals surface area contributed by atoms with Crippen LogP contribution < -0.4 is 5.32 Å². The standard InChI is InChI=1S/C18H26N4O4S2/c1-13(2)26-12-4-9-19-18(23)14-7-10-22(11-8-14)28(24,25)16-6-3-5-15-17(16)21-27-20-15/h3,5-6,13-14H,4,7-12H2,1-2H3,(H,19,23). The molecule has 1 aliphatic rings. The van der Waals surface area contributed by atoms with Crippen molar-refractivity contribution in [3.05, 3.63) is 18.2 Å². The van der Waals surface area contributed by atoms with E-state index in [1.165, 1.54) is 4.31 Å². The number of fused-ring (bicyclic) bond motifs is 1. The minimum Gasteiger partial charge on any atom is -0.379 e. The zero-order valence-electron chi connectivity index (χ0n) is 16.1. The van der Waals surface area contributed by atoms with Crippen molar-refractivity contribution < 1.29 is 17.9 Å². The van der Waals surface area contributed by atoms with Crippen molar-refractivity contribution >= 4 is 38.7 Å². The van der Waals surface area contributed by atoms with Crippen LogP contribution in [0, 0.1) is 5.92 Å². The van der Waals surface area contributed by atoms with Crippen LogP contribution in [-0.4, -0.2) is 59.7 Å². The SMILES string of the molecule is CC(C)OCCCNC(=O)C1CCN(S(=O)(=O)c2cccc3nsnc23)CC1. The summed E-state index contributed by atoms with van der Waals surface area (Å²) >= 11 is 1.00. The molecule has 8 nitrogen and oxygen atoms in total. The summed E-state index contributed by atoms with van der Waals surface area (Å²) in [7, 11) is -3.65. The van der Waals surface area contributed by atoms with Gasteiger partial charge in [-0.3, -0.25) is 4.79 Å². The second-order valence-electron chi connectivity index (χ2n) is 7.13. The fourth-order valence-corrected chi connectivity index (χ4v) is 5.46. The molecule has 1 aromatic heterocycles. The first-order chi connectivity index (χ1) is 13.4. The summed E-state index contributed by atoms with van der Waals surface area (Å²) in [5.41, 5.74) is 0.998. The third-order valence-corrected chi connectivity index (χ3v) is 7.24. The van der Waals surface area contributed by atoms with E-state index in [0.717, 1.165) is 18.1 Å². The lowest BCUT2D eigenvalue weighted by molar-refractivity contribution is -0.126. The fourth-order valence-electron chi connectivity index (χ4n) is 3.23. The van der Waals surface area contributed by atoms with E-state index in [1.807, 2.05) is 13.8 Å². The Labute approximate surface area is 169 Å². The van der Waals surface area contributed by atoms with Crippen LogP contribution in [0.5, 0.6) is 0 Å². The second kappa shape index (κ2) is 9.25. The van der Waals surface area contributed by atoms with Gasteiger partial charge in [-0.2, -0.15) is 13.1 Å². The van der Waals surface area contributed by atoms with Gasteiger partial charge in [0.2, 0.25) is 15.9 Å². The van der Waals surface area contributed by atoms with E-state index in [2.05, 4.69) is 14.1 Å². The molecular weight excluding hydrogens is 400 g/mol. The quantitative estimate of drug-likeness (QED) is 0.648. The Morgan fingerprint density at radius 3 is 2.79 bits per heavy atom. The normalized spacial score (nSPS) is 16.7. The molecule has 1 amide bonds. The highest BCUT2D eigenvalue weighted by Gasteiger charge is 2.33. The van der Waals surface area contributed by atoms with E-state index in [1.54, 1.807) is 18.2 Å². The van der Waals surface area contributed by atoms with Crippen LogP contribution in [-0.2, 0) is 19.6 Å². The van der Waals surface area contributed by atoms with Crippen LogP contribution in [0.15, 0.2) is 23.1 Å². The molecule has 0 atom stereocenters. The van der Waals surface area contributed by atoms with Crippen molar-refractivity contribution in [1.82, 2.24) is 18.4 Å². The third-order valence-electron chi connectivity index (χ3n) is 4.76. The van der Waals surface area contributed by atoms with Gasteiger partial charge in [0.15, 0.2) is 0 Å². The van der Waals surface area contributed by atoms with Crippen molar-refractivity contribution in [2.24, 2.45) is 5.92 Å². The number of nitrogens with zero attached hydrogens (tertiary/aromatic N) is 3. The summed E-state index contributed by atoms with van der Waals surface area (Å²) < 4.78 is 41.2. The number of hydrogen-bond donors (Lipinski definition) is 1. The Hall–Kier alpha value is -1.62. The first kappa shape index (κ1) is 21.1. The molecule has 2 aromatic rings. The Morgan fingerprint density at radius 2 is 2.07 bits per heavy atom. The minimum absolute atomic E-state index is 0.00704. The zero-order chi connectivity index (χ0) is 20.1. The van der Waals surface area contributed by atoms with Gasteiger partial charge >= 0.3 is 0 Å². The van der Waals surface area contributed by atoms with Crippen molar-refractivity contribution in [3.8, 4) is 0 Å². The molecule has 154 valence electrons. The number of hydrogen-bond acceptors (Lipinski definition) is 7. The maximum atomic E-state index is 13.0. The van der Waals surface area contributed by atoms with E-state index in [9.17, 15) is 13.2 Å². The number of sulfonamides is 1. The molecule has 1 fully saturated rings.